The van der Waals surface area contributed by atoms with Crippen molar-refractivity contribution in [3.63, 3.8) is 0 Å². The molecule has 0 atom stereocenters. The molecule has 0 radical (unpaired) electrons. The minimum absolute atomic E-state index is 0.155. The number of H-pyrrole nitrogens is 1. The van der Waals surface area contributed by atoms with Crippen LogP contribution in [0.3, 0.4) is 0 Å². The molecule has 34 heavy (non-hydrogen) atoms. The maximum Gasteiger partial charge on any atom is 0.416 e. The van der Waals surface area contributed by atoms with E-state index < -0.39 is 17.6 Å². The molecule has 3 heterocycles. The van der Waals surface area contributed by atoms with Gasteiger partial charge >= 0.3 is 6.18 Å². The Kier molecular flexibility index (Phi) is 7.45. The molecule has 7 nitrogen and oxygen atoms in total. The number of hydrogen-bond acceptors (Lipinski definition) is 5. The number of halogens is 4. The van der Waals surface area contributed by atoms with Crippen LogP contribution in [0.15, 0.2) is 42.5 Å². The summed E-state index contributed by atoms with van der Waals surface area (Å²) in [7, 11) is 0. The molecule has 0 saturated carbocycles. The Hall–Kier alpha value is -2.61. The average molecular weight is 604 g/mol. The maximum atomic E-state index is 12.9. The standard InChI is InChI=1S/C22H20F3IN4O3S/c23-22(24,25)13-2-1-3-15(10-13)33-14-6-8-30(9-7-14)20(31)12-27-21(32)17-11-16(28-29-17)18-4-5-19(26)34-18/h1-5,10-11,14H,6-9,12H2,(H,27,32)(H,28,29). The minimum atomic E-state index is -4.43. The molecule has 1 fully saturated rings. The van der Waals surface area contributed by atoms with Crippen LogP contribution in [0.1, 0.15) is 28.9 Å². The number of carbonyl (C=O) groups excluding carboxylic acids is 2. The second kappa shape index (κ2) is 10.3. The lowest BCUT2D eigenvalue weighted by molar-refractivity contribution is -0.138. The number of benzene rings is 1. The molecule has 2 N–H and O–H groups in total. The highest BCUT2D eigenvalue weighted by atomic mass is 127. The first-order chi connectivity index (χ1) is 16.2. The number of amides is 2. The Labute approximate surface area is 210 Å². The fourth-order valence-corrected chi connectivity index (χ4v) is 5.13. The summed E-state index contributed by atoms with van der Waals surface area (Å²) in [5.74, 6) is -0.540. The van der Waals surface area contributed by atoms with E-state index >= 15 is 0 Å². The van der Waals surface area contributed by atoms with E-state index in [2.05, 4.69) is 38.1 Å². The number of likely N-dealkylation sites (tertiary alicyclic amines) is 1. The average Bonchev–Trinajstić information content (AvgIpc) is 3.47. The van der Waals surface area contributed by atoms with Crippen molar-refractivity contribution in [2.24, 2.45) is 0 Å². The minimum Gasteiger partial charge on any atom is -0.490 e. The van der Waals surface area contributed by atoms with Gasteiger partial charge < -0.3 is 15.0 Å². The smallest absolute Gasteiger partial charge is 0.416 e. The molecule has 4 rings (SSSR count). The first kappa shape index (κ1) is 24.5. The molecular weight excluding hydrogens is 584 g/mol. The van der Waals surface area contributed by atoms with E-state index in [1.54, 1.807) is 22.3 Å². The van der Waals surface area contributed by atoms with Crippen LogP contribution in [0.5, 0.6) is 5.75 Å². The largest absolute Gasteiger partial charge is 0.490 e. The normalized spacial score (nSPS) is 14.8. The summed E-state index contributed by atoms with van der Waals surface area (Å²) in [6, 6.07) is 10.3. The van der Waals surface area contributed by atoms with E-state index in [1.165, 1.54) is 12.1 Å². The van der Waals surface area contributed by atoms with Crippen LogP contribution in [0.25, 0.3) is 10.6 Å². The number of aromatic nitrogens is 2. The third-order valence-electron chi connectivity index (χ3n) is 5.31. The summed E-state index contributed by atoms with van der Waals surface area (Å²) in [5, 5.41) is 9.44. The van der Waals surface area contributed by atoms with E-state index in [0.717, 1.165) is 25.6 Å². The van der Waals surface area contributed by atoms with Crippen molar-refractivity contribution in [2.45, 2.75) is 25.1 Å². The van der Waals surface area contributed by atoms with Crippen LogP contribution < -0.4 is 10.1 Å². The van der Waals surface area contributed by atoms with E-state index in [-0.39, 0.29) is 30.0 Å². The van der Waals surface area contributed by atoms with Gasteiger partial charge in [0.25, 0.3) is 5.91 Å². The first-order valence-corrected chi connectivity index (χ1v) is 12.3. The molecule has 3 aromatic rings. The number of alkyl halides is 3. The third kappa shape index (κ3) is 6.09. The van der Waals surface area contributed by atoms with Crippen LogP contribution in [0.4, 0.5) is 13.2 Å². The van der Waals surface area contributed by atoms with Gasteiger partial charge in [0.2, 0.25) is 5.91 Å². The van der Waals surface area contributed by atoms with Gasteiger partial charge in [0.05, 0.1) is 25.6 Å². The number of nitrogens with one attached hydrogen (secondary N) is 2. The predicted molar refractivity (Wildman–Crippen MR) is 129 cm³/mol. The zero-order valence-corrected chi connectivity index (χ0v) is 20.7. The van der Waals surface area contributed by atoms with Crippen molar-refractivity contribution in [2.75, 3.05) is 19.6 Å². The number of rotatable bonds is 6. The number of nitrogens with zero attached hydrogens (tertiary/aromatic N) is 2. The third-order valence-corrected chi connectivity index (χ3v) is 7.24. The SMILES string of the molecule is O=C(NCC(=O)N1CCC(Oc2cccc(C(F)(F)F)c2)CC1)c1cc(-c2ccc(I)s2)[nH]n1. The van der Waals surface area contributed by atoms with Crippen molar-refractivity contribution < 1.29 is 27.5 Å². The monoisotopic (exact) mass is 604 g/mol. The molecule has 0 spiro atoms. The van der Waals surface area contributed by atoms with Crippen molar-refractivity contribution in [3.8, 4) is 16.3 Å². The van der Waals surface area contributed by atoms with Crippen molar-refractivity contribution in [1.82, 2.24) is 20.4 Å². The van der Waals surface area contributed by atoms with Crippen LogP contribution in [0.2, 0.25) is 0 Å². The number of ether oxygens (including phenoxy) is 1. The molecule has 2 amide bonds. The highest BCUT2D eigenvalue weighted by Crippen LogP contribution is 2.32. The topological polar surface area (TPSA) is 87.3 Å². The Morgan fingerprint density at radius 1 is 1.21 bits per heavy atom. The zero-order chi connectivity index (χ0) is 24.3. The number of hydrogen-bond donors (Lipinski definition) is 2. The lowest BCUT2D eigenvalue weighted by Gasteiger charge is -2.32. The van der Waals surface area contributed by atoms with Crippen LogP contribution in [-0.4, -0.2) is 52.6 Å². The number of carbonyl (C=O) groups is 2. The van der Waals surface area contributed by atoms with Gasteiger partial charge in [0.1, 0.15) is 11.9 Å². The summed E-state index contributed by atoms with van der Waals surface area (Å²) in [4.78, 5) is 27.4. The number of thiophene rings is 1. The van der Waals surface area contributed by atoms with Gasteiger partial charge in [0.15, 0.2) is 5.69 Å². The van der Waals surface area contributed by atoms with Crippen LogP contribution >= 0.6 is 33.9 Å². The maximum absolute atomic E-state index is 12.9. The Balaban J connectivity index is 1.23. The molecule has 0 unspecified atom stereocenters. The summed E-state index contributed by atoms with van der Waals surface area (Å²) >= 11 is 3.78. The molecule has 12 heteroatoms. The molecule has 1 aliphatic rings. The first-order valence-electron chi connectivity index (χ1n) is 10.4. The molecule has 180 valence electrons. The lowest BCUT2D eigenvalue weighted by Crippen LogP contribution is -2.46. The second-order valence-corrected chi connectivity index (χ2v) is 10.7. The van der Waals surface area contributed by atoms with Crippen LogP contribution in [-0.2, 0) is 11.0 Å². The fourth-order valence-electron chi connectivity index (χ4n) is 3.54. The van der Waals surface area contributed by atoms with Gasteiger partial charge in [-0.05, 0) is 59.0 Å². The summed E-state index contributed by atoms with van der Waals surface area (Å²) in [6.45, 7) is 0.612. The quantitative estimate of drug-likeness (QED) is 0.404. The van der Waals surface area contributed by atoms with Gasteiger partial charge in [-0.3, -0.25) is 14.7 Å². The Bertz CT molecular complexity index is 1170. The molecule has 1 aromatic carbocycles. The van der Waals surface area contributed by atoms with E-state index in [0.29, 0.717) is 25.9 Å². The number of aromatic amines is 1. The molecular formula is C22H20F3IN4O3S. The molecule has 0 aliphatic carbocycles. The lowest BCUT2D eigenvalue weighted by atomic mass is 10.1. The van der Waals surface area contributed by atoms with Gasteiger partial charge in [-0.15, -0.1) is 11.3 Å². The molecule has 0 bridgehead atoms. The molecule has 1 aliphatic heterocycles. The van der Waals surface area contributed by atoms with E-state index in [9.17, 15) is 22.8 Å². The second-order valence-electron chi connectivity index (χ2n) is 7.68. The van der Waals surface area contributed by atoms with Crippen molar-refractivity contribution in [1.29, 1.82) is 0 Å². The highest BCUT2D eigenvalue weighted by molar-refractivity contribution is 14.1. The number of piperidine rings is 1. The van der Waals surface area contributed by atoms with Gasteiger partial charge in [-0.1, -0.05) is 6.07 Å². The van der Waals surface area contributed by atoms with Crippen molar-refractivity contribution >= 4 is 45.7 Å². The zero-order valence-electron chi connectivity index (χ0n) is 17.7. The Morgan fingerprint density at radius 2 is 1.97 bits per heavy atom. The fraction of sp³-hybridized carbons (Fsp3) is 0.318. The Morgan fingerprint density at radius 3 is 2.65 bits per heavy atom. The van der Waals surface area contributed by atoms with Crippen LogP contribution in [0, 0.1) is 2.88 Å². The summed E-state index contributed by atoms with van der Waals surface area (Å²) in [6.07, 6.45) is -3.75. The van der Waals surface area contributed by atoms with Gasteiger partial charge in [0, 0.05) is 25.9 Å². The van der Waals surface area contributed by atoms with Gasteiger partial charge in [-0.25, -0.2) is 0 Å². The van der Waals surface area contributed by atoms with Gasteiger partial charge in [-0.2, -0.15) is 18.3 Å². The van der Waals surface area contributed by atoms with E-state index in [1.807, 2.05) is 12.1 Å². The summed E-state index contributed by atoms with van der Waals surface area (Å²) < 4.78 is 45.4. The highest BCUT2D eigenvalue weighted by Gasteiger charge is 2.31. The molecule has 1 saturated heterocycles. The van der Waals surface area contributed by atoms with Crippen molar-refractivity contribution in [3.05, 3.63) is 56.6 Å². The molecule has 2 aromatic heterocycles. The van der Waals surface area contributed by atoms with E-state index in [4.69, 9.17) is 4.74 Å². The predicted octanol–water partition coefficient (Wildman–Crippen LogP) is 4.56. The summed E-state index contributed by atoms with van der Waals surface area (Å²) in [5.41, 5.74) is 0.161.